The van der Waals surface area contributed by atoms with Crippen molar-refractivity contribution in [1.82, 2.24) is 5.32 Å². The molecule has 1 amide bonds. The molecule has 0 radical (unpaired) electrons. The van der Waals surface area contributed by atoms with Crippen molar-refractivity contribution >= 4 is 33.2 Å². The number of hydrogen-bond donors (Lipinski definition) is 2. The number of carbonyl (C=O) groups excluding carboxylic acids is 1. The highest BCUT2D eigenvalue weighted by Gasteiger charge is 2.17. The first-order chi connectivity index (χ1) is 9.56. The summed E-state index contributed by atoms with van der Waals surface area (Å²) in [4.78, 5) is 22.1. The van der Waals surface area contributed by atoms with Crippen molar-refractivity contribution in [3.05, 3.63) is 32.8 Å². The maximum absolute atomic E-state index is 11.9. The van der Waals surface area contributed by atoms with Gasteiger partial charge >= 0.3 is 0 Å². The lowest BCUT2D eigenvalue weighted by Crippen LogP contribution is -2.15. The van der Waals surface area contributed by atoms with Gasteiger partial charge < -0.3 is 10.6 Å². The van der Waals surface area contributed by atoms with Gasteiger partial charge in [0.15, 0.2) is 0 Å². The number of halogens is 1. The predicted molar refractivity (Wildman–Crippen MR) is 79.6 cm³/mol. The molecule has 1 aliphatic rings. The molecule has 2 rings (SSSR count). The first-order valence-electron chi connectivity index (χ1n) is 6.51. The van der Waals surface area contributed by atoms with Crippen LogP contribution in [0.25, 0.3) is 0 Å². The molecule has 1 atom stereocenters. The summed E-state index contributed by atoms with van der Waals surface area (Å²) in [6.07, 6.45) is 2.38. The SMILES string of the molecule is O=C(CCC1CCNC1)Nc1cc([N+](=O)[O-])ccc1Br. The second kappa shape index (κ2) is 6.81. The first kappa shape index (κ1) is 14.9. The minimum Gasteiger partial charge on any atom is -0.325 e. The van der Waals surface area contributed by atoms with E-state index in [1.54, 1.807) is 6.07 Å². The van der Waals surface area contributed by atoms with Crippen molar-refractivity contribution in [2.24, 2.45) is 5.92 Å². The van der Waals surface area contributed by atoms with E-state index in [2.05, 4.69) is 26.6 Å². The molecule has 0 aliphatic carbocycles. The quantitative estimate of drug-likeness (QED) is 0.636. The van der Waals surface area contributed by atoms with Crippen LogP contribution in [0.1, 0.15) is 19.3 Å². The number of amides is 1. The lowest BCUT2D eigenvalue weighted by molar-refractivity contribution is -0.384. The van der Waals surface area contributed by atoms with Crippen molar-refractivity contribution in [3.8, 4) is 0 Å². The summed E-state index contributed by atoms with van der Waals surface area (Å²) in [5.74, 6) is 0.437. The first-order valence-corrected chi connectivity index (χ1v) is 7.30. The van der Waals surface area contributed by atoms with Gasteiger partial charge in [0.05, 0.1) is 10.6 Å². The molecule has 1 aromatic rings. The van der Waals surface area contributed by atoms with Crippen molar-refractivity contribution in [3.63, 3.8) is 0 Å². The van der Waals surface area contributed by atoms with Gasteiger partial charge in [-0.1, -0.05) is 0 Å². The van der Waals surface area contributed by atoms with Gasteiger partial charge in [-0.25, -0.2) is 0 Å². The normalized spacial score (nSPS) is 17.9. The topological polar surface area (TPSA) is 84.3 Å². The van der Waals surface area contributed by atoms with Gasteiger partial charge in [0.1, 0.15) is 0 Å². The number of nitrogens with zero attached hydrogens (tertiary/aromatic N) is 1. The number of nitrogens with one attached hydrogen (secondary N) is 2. The number of rotatable bonds is 5. The molecule has 1 heterocycles. The molecule has 2 N–H and O–H groups in total. The highest BCUT2D eigenvalue weighted by Crippen LogP contribution is 2.27. The zero-order chi connectivity index (χ0) is 14.5. The third-order valence-corrected chi connectivity index (χ3v) is 4.07. The molecular formula is C13H16BrN3O3. The smallest absolute Gasteiger partial charge is 0.271 e. The van der Waals surface area contributed by atoms with Crippen LogP contribution in [-0.4, -0.2) is 23.9 Å². The van der Waals surface area contributed by atoms with Crippen LogP contribution in [0.3, 0.4) is 0 Å². The van der Waals surface area contributed by atoms with Gasteiger partial charge in [0.25, 0.3) is 5.69 Å². The zero-order valence-electron chi connectivity index (χ0n) is 10.9. The molecule has 6 nitrogen and oxygen atoms in total. The van der Waals surface area contributed by atoms with Crippen LogP contribution in [0.2, 0.25) is 0 Å². The van der Waals surface area contributed by atoms with E-state index in [1.807, 2.05) is 0 Å². The Morgan fingerprint density at radius 3 is 3.00 bits per heavy atom. The van der Waals surface area contributed by atoms with Crippen LogP contribution in [0, 0.1) is 16.0 Å². The summed E-state index contributed by atoms with van der Waals surface area (Å²) < 4.78 is 0.638. The maximum atomic E-state index is 11.9. The fourth-order valence-electron chi connectivity index (χ4n) is 2.23. The van der Waals surface area contributed by atoms with Crippen LogP contribution in [0.15, 0.2) is 22.7 Å². The lowest BCUT2D eigenvalue weighted by Gasteiger charge is -2.09. The van der Waals surface area contributed by atoms with Crippen LogP contribution in [0.5, 0.6) is 0 Å². The van der Waals surface area contributed by atoms with E-state index >= 15 is 0 Å². The number of non-ortho nitro benzene ring substituents is 1. The van der Waals surface area contributed by atoms with Gasteiger partial charge in [-0.15, -0.1) is 0 Å². The minimum atomic E-state index is -0.480. The maximum Gasteiger partial charge on any atom is 0.271 e. The third kappa shape index (κ3) is 4.01. The number of carbonyl (C=O) groups is 1. The van der Waals surface area contributed by atoms with Gasteiger partial charge in [-0.05, 0) is 53.8 Å². The fraction of sp³-hybridized carbons (Fsp3) is 0.462. The van der Waals surface area contributed by atoms with Gasteiger partial charge in [-0.3, -0.25) is 14.9 Å². The Kier molecular flexibility index (Phi) is 5.08. The van der Waals surface area contributed by atoms with E-state index in [-0.39, 0.29) is 11.6 Å². The molecule has 7 heteroatoms. The molecule has 1 saturated heterocycles. The summed E-state index contributed by atoms with van der Waals surface area (Å²) in [6, 6.07) is 4.32. The number of nitro groups is 1. The van der Waals surface area contributed by atoms with E-state index < -0.39 is 4.92 Å². The van der Waals surface area contributed by atoms with E-state index in [9.17, 15) is 14.9 Å². The molecule has 0 spiro atoms. The number of benzene rings is 1. The highest BCUT2D eigenvalue weighted by molar-refractivity contribution is 9.10. The highest BCUT2D eigenvalue weighted by atomic mass is 79.9. The summed E-state index contributed by atoms with van der Waals surface area (Å²) in [5.41, 5.74) is 0.400. The van der Waals surface area contributed by atoms with Crippen molar-refractivity contribution in [2.75, 3.05) is 18.4 Å². The Labute approximate surface area is 125 Å². The van der Waals surface area contributed by atoms with Gasteiger partial charge in [-0.2, -0.15) is 0 Å². The Hall–Kier alpha value is -1.47. The summed E-state index contributed by atoms with van der Waals surface area (Å²) in [5, 5.41) is 16.7. The van der Waals surface area contributed by atoms with Crippen molar-refractivity contribution < 1.29 is 9.72 Å². The van der Waals surface area contributed by atoms with Gasteiger partial charge in [0.2, 0.25) is 5.91 Å². The molecule has 1 aliphatic heterocycles. The molecule has 108 valence electrons. The summed E-state index contributed by atoms with van der Waals surface area (Å²) in [7, 11) is 0. The second-order valence-corrected chi connectivity index (χ2v) is 5.72. The number of nitro benzene ring substituents is 1. The van der Waals surface area contributed by atoms with Crippen LogP contribution < -0.4 is 10.6 Å². The minimum absolute atomic E-state index is 0.0384. The average Bonchev–Trinajstić information content (AvgIpc) is 2.92. The second-order valence-electron chi connectivity index (χ2n) is 4.87. The Morgan fingerprint density at radius 2 is 2.35 bits per heavy atom. The molecular weight excluding hydrogens is 326 g/mol. The van der Waals surface area contributed by atoms with E-state index in [0.29, 0.717) is 22.5 Å². The molecule has 1 fully saturated rings. The number of anilines is 1. The molecule has 0 bridgehead atoms. The molecule has 0 aromatic heterocycles. The third-order valence-electron chi connectivity index (χ3n) is 3.38. The van der Waals surface area contributed by atoms with E-state index in [4.69, 9.17) is 0 Å². The van der Waals surface area contributed by atoms with Crippen LogP contribution >= 0.6 is 15.9 Å². The lowest BCUT2D eigenvalue weighted by atomic mass is 10.0. The summed E-state index contributed by atoms with van der Waals surface area (Å²) in [6.45, 7) is 1.98. The number of hydrogen-bond acceptors (Lipinski definition) is 4. The molecule has 20 heavy (non-hydrogen) atoms. The Morgan fingerprint density at radius 1 is 1.55 bits per heavy atom. The van der Waals surface area contributed by atoms with Gasteiger partial charge in [0, 0.05) is 23.0 Å². The van der Waals surface area contributed by atoms with E-state index in [1.165, 1.54) is 12.1 Å². The van der Waals surface area contributed by atoms with Crippen molar-refractivity contribution in [2.45, 2.75) is 19.3 Å². The monoisotopic (exact) mass is 341 g/mol. The zero-order valence-corrected chi connectivity index (χ0v) is 12.5. The predicted octanol–water partition coefficient (Wildman–Crippen LogP) is 2.69. The molecule has 0 saturated carbocycles. The standard InChI is InChI=1S/C13H16BrN3O3/c14-11-3-2-10(17(19)20)7-12(11)16-13(18)4-1-9-5-6-15-8-9/h2-3,7,9,15H,1,4-6,8H2,(H,16,18). The Bertz CT molecular complexity index is 516. The Balaban J connectivity index is 1.92. The largest absolute Gasteiger partial charge is 0.325 e. The van der Waals surface area contributed by atoms with Crippen LogP contribution in [0.4, 0.5) is 11.4 Å². The average molecular weight is 342 g/mol. The van der Waals surface area contributed by atoms with Crippen LogP contribution in [-0.2, 0) is 4.79 Å². The molecule has 1 unspecified atom stereocenters. The summed E-state index contributed by atoms with van der Waals surface area (Å²) >= 11 is 3.28. The van der Waals surface area contributed by atoms with E-state index in [0.717, 1.165) is 25.9 Å². The molecule has 1 aromatic carbocycles. The van der Waals surface area contributed by atoms with Crippen molar-refractivity contribution in [1.29, 1.82) is 0 Å². The fourth-order valence-corrected chi connectivity index (χ4v) is 2.58.